The Morgan fingerprint density at radius 2 is 1.79 bits per heavy atom. The van der Waals surface area contributed by atoms with Gasteiger partial charge in [-0.1, -0.05) is 26.0 Å². The van der Waals surface area contributed by atoms with E-state index in [-0.39, 0.29) is 41.4 Å². The van der Waals surface area contributed by atoms with E-state index >= 15 is 0 Å². The van der Waals surface area contributed by atoms with Crippen molar-refractivity contribution in [1.29, 1.82) is 0 Å². The van der Waals surface area contributed by atoms with Crippen molar-refractivity contribution in [2.24, 2.45) is 10.7 Å². The van der Waals surface area contributed by atoms with Crippen molar-refractivity contribution in [2.75, 3.05) is 20.3 Å². The molecule has 2 rings (SSSR count). The molecule has 1 aromatic carbocycles. The highest BCUT2D eigenvalue weighted by Gasteiger charge is 2.36. The average Bonchev–Trinajstić information content (AvgIpc) is 2.87. The number of nitrogens with two attached hydrogens (primary N) is 1. The average molecular weight is 411 g/mol. The number of nitrogens with zero attached hydrogens (tertiary/aromatic N) is 2. The Balaban J connectivity index is 0.00000190. The molecule has 9 heteroatoms. The zero-order valence-corrected chi connectivity index (χ0v) is 18.2. The molecular weight excluding hydrogens is 381 g/mol. The molecule has 0 unspecified atom stereocenters. The van der Waals surface area contributed by atoms with Crippen LogP contribution < -0.4 is 11.0 Å². The Morgan fingerprint density at radius 1 is 1.25 bits per heavy atom. The Hall–Kier alpha value is -2.15. The van der Waals surface area contributed by atoms with Crippen LogP contribution in [0.5, 0.6) is 0 Å². The van der Waals surface area contributed by atoms with Crippen LogP contribution in [0.2, 0.25) is 0 Å². The molecule has 1 atom stereocenters. The molecule has 0 bridgehead atoms. The number of rotatable bonds is 7. The summed E-state index contributed by atoms with van der Waals surface area (Å²) in [5.41, 5.74) is 6.19. The Labute approximate surface area is 166 Å². The number of para-hydroxylation sites is 1. The summed E-state index contributed by atoms with van der Waals surface area (Å²) in [5, 5.41) is 10.4. The van der Waals surface area contributed by atoms with Gasteiger partial charge in [-0.25, -0.2) is 4.99 Å². The van der Waals surface area contributed by atoms with Crippen LogP contribution >= 0.6 is 7.60 Å². The second kappa shape index (κ2) is 10.4. The molecule has 1 heterocycles. The van der Waals surface area contributed by atoms with Crippen LogP contribution in [-0.2, 0) is 18.4 Å². The summed E-state index contributed by atoms with van der Waals surface area (Å²) < 4.78 is 23.8. The first-order valence-electron chi connectivity index (χ1n) is 9.30. The van der Waals surface area contributed by atoms with Crippen molar-refractivity contribution < 1.29 is 23.5 Å². The lowest BCUT2D eigenvalue weighted by Crippen LogP contribution is -2.31. The van der Waals surface area contributed by atoms with Crippen molar-refractivity contribution in [3.8, 4) is 0 Å². The number of aliphatic hydroxyl groups is 1. The SMILES string of the molecule is CC.CCOP(=O)(OCC)c1ccccc1N=C(N)C1=C(O)[C@H](C)N(C)C1=O. The first-order chi connectivity index (χ1) is 13.3. The quantitative estimate of drug-likeness (QED) is 0.404. The molecule has 1 amide bonds. The molecule has 156 valence electrons. The van der Waals surface area contributed by atoms with Crippen molar-refractivity contribution in [3.05, 3.63) is 35.6 Å². The van der Waals surface area contributed by atoms with Crippen LogP contribution in [0.15, 0.2) is 40.6 Å². The standard InChI is InChI=1S/C17H24N3O5P.C2H6/c1-5-24-26(23,25-6-2)13-10-8-7-9-12(13)19-16(18)14-15(21)11(3)20(4)17(14)22;1-2/h7-11,21H,5-6H2,1-4H3,(H2,18,19);1-2H3/t11-;/m0./s1. The van der Waals surface area contributed by atoms with Gasteiger partial charge in [0.15, 0.2) is 0 Å². The van der Waals surface area contributed by atoms with E-state index in [1.165, 1.54) is 4.90 Å². The van der Waals surface area contributed by atoms with Crippen molar-refractivity contribution in [1.82, 2.24) is 4.90 Å². The van der Waals surface area contributed by atoms with Crippen molar-refractivity contribution >= 4 is 30.3 Å². The van der Waals surface area contributed by atoms with Crippen LogP contribution in [0.3, 0.4) is 0 Å². The predicted octanol–water partition coefficient (Wildman–Crippen LogP) is 3.27. The van der Waals surface area contributed by atoms with Crippen molar-refractivity contribution in [2.45, 2.75) is 40.7 Å². The maximum Gasteiger partial charge on any atom is 0.363 e. The number of carbonyl (C=O) groups is 1. The van der Waals surface area contributed by atoms with Gasteiger partial charge in [0.1, 0.15) is 17.2 Å². The lowest BCUT2D eigenvalue weighted by Gasteiger charge is -2.18. The van der Waals surface area contributed by atoms with E-state index < -0.39 is 19.5 Å². The number of benzene rings is 1. The van der Waals surface area contributed by atoms with Crippen LogP contribution in [0.1, 0.15) is 34.6 Å². The molecule has 1 aliphatic heterocycles. The van der Waals surface area contributed by atoms with E-state index in [1.807, 2.05) is 13.8 Å². The maximum atomic E-state index is 13.1. The van der Waals surface area contributed by atoms with Gasteiger partial charge in [-0.3, -0.25) is 9.36 Å². The number of hydrogen-bond donors (Lipinski definition) is 2. The van der Waals surface area contributed by atoms with Gasteiger partial charge in [0, 0.05) is 7.05 Å². The van der Waals surface area contributed by atoms with E-state index in [9.17, 15) is 14.5 Å². The minimum absolute atomic E-state index is 0.0579. The topological polar surface area (TPSA) is 114 Å². The van der Waals surface area contributed by atoms with Crippen LogP contribution in [-0.4, -0.2) is 48.1 Å². The minimum atomic E-state index is -3.59. The van der Waals surface area contributed by atoms with Crippen LogP contribution in [0.25, 0.3) is 0 Å². The summed E-state index contributed by atoms with van der Waals surface area (Å²) in [6, 6.07) is 6.06. The summed E-state index contributed by atoms with van der Waals surface area (Å²) in [7, 11) is -2.02. The fourth-order valence-corrected chi connectivity index (χ4v) is 4.29. The fraction of sp³-hybridized carbons (Fsp3) is 0.474. The number of likely N-dealkylation sites (N-methyl/N-ethyl adjacent to an activating group) is 1. The monoisotopic (exact) mass is 411 g/mol. The van der Waals surface area contributed by atoms with Gasteiger partial charge in [-0.2, -0.15) is 0 Å². The fourth-order valence-electron chi connectivity index (χ4n) is 2.59. The molecule has 8 nitrogen and oxygen atoms in total. The summed E-state index contributed by atoms with van der Waals surface area (Å²) in [4.78, 5) is 17.9. The normalized spacial score (nSPS) is 17.6. The summed E-state index contributed by atoms with van der Waals surface area (Å²) in [5.74, 6) is -0.726. The van der Waals surface area contributed by atoms with E-state index in [0.29, 0.717) is 0 Å². The Bertz CT molecular complexity index is 797. The van der Waals surface area contributed by atoms with Gasteiger partial charge >= 0.3 is 7.60 Å². The zero-order valence-electron chi connectivity index (χ0n) is 17.3. The van der Waals surface area contributed by atoms with Gasteiger partial charge in [0.2, 0.25) is 0 Å². The molecule has 3 N–H and O–H groups in total. The van der Waals surface area contributed by atoms with Crippen molar-refractivity contribution in [3.63, 3.8) is 0 Å². The summed E-state index contributed by atoms with van der Waals surface area (Å²) in [6.07, 6.45) is 0. The van der Waals surface area contributed by atoms with Crippen LogP contribution in [0.4, 0.5) is 5.69 Å². The third-order valence-corrected chi connectivity index (χ3v) is 6.20. The smallest absolute Gasteiger partial charge is 0.363 e. The third-order valence-electron chi connectivity index (χ3n) is 4.04. The number of amides is 1. The number of aliphatic imine (C=N–C) groups is 1. The summed E-state index contributed by atoms with van der Waals surface area (Å²) in [6.45, 7) is 9.49. The molecular formula is C19H30N3O5P. The maximum absolute atomic E-state index is 13.1. The summed E-state index contributed by atoms with van der Waals surface area (Å²) >= 11 is 0. The molecule has 0 spiro atoms. The Morgan fingerprint density at radius 3 is 2.25 bits per heavy atom. The molecule has 0 saturated carbocycles. The van der Waals surface area contributed by atoms with Gasteiger partial charge in [0.25, 0.3) is 5.91 Å². The number of carbonyl (C=O) groups excluding carboxylic acids is 1. The second-order valence-corrected chi connectivity index (χ2v) is 7.66. The second-order valence-electron chi connectivity index (χ2n) is 5.67. The van der Waals surface area contributed by atoms with E-state index in [4.69, 9.17) is 14.8 Å². The molecule has 0 aliphatic carbocycles. The van der Waals surface area contributed by atoms with Gasteiger partial charge < -0.3 is 24.8 Å². The molecule has 0 saturated heterocycles. The molecule has 0 aromatic heterocycles. The van der Waals surface area contributed by atoms with E-state index in [1.54, 1.807) is 52.1 Å². The lowest BCUT2D eigenvalue weighted by molar-refractivity contribution is -0.125. The van der Waals surface area contributed by atoms with Gasteiger partial charge in [-0.15, -0.1) is 0 Å². The highest BCUT2D eigenvalue weighted by atomic mass is 31.2. The number of hydrogen-bond acceptors (Lipinski definition) is 6. The third kappa shape index (κ3) is 4.82. The first kappa shape index (κ1) is 23.9. The van der Waals surface area contributed by atoms with E-state index in [2.05, 4.69) is 4.99 Å². The molecule has 28 heavy (non-hydrogen) atoms. The van der Waals surface area contributed by atoms with Gasteiger partial charge in [-0.05, 0) is 32.9 Å². The predicted molar refractivity (Wildman–Crippen MR) is 111 cm³/mol. The van der Waals surface area contributed by atoms with E-state index in [0.717, 1.165) is 0 Å². The number of aliphatic hydroxyl groups excluding tert-OH is 1. The molecule has 0 radical (unpaired) electrons. The van der Waals surface area contributed by atoms with Crippen LogP contribution in [0, 0.1) is 0 Å². The Kier molecular flexibility index (Phi) is 8.88. The molecule has 1 aromatic rings. The van der Waals surface area contributed by atoms with Gasteiger partial charge in [0.05, 0.1) is 30.2 Å². The minimum Gasteiger partial charge on any atom is -0.509 e. The number of amidine groups is 1. The highest BCUT2D eigenvalue weighted by molar-refractivity contribution is 7.62. The largest absolute Gasteiger partial charge is 0.509 e. The molecule has 1 aliphatic rings. The molecule has 0 fully saturated rings. The highest BCUT2D eigenvalue weighted by Crippen LogP contribution is 2.49. The first-order valence-corrected chi connectivity index (χ1v) is 10.8. The zero-order chi connectivity index (χ0) is 21.5. The lowest BCUT2D eigenvalue weighted by atomic mass is 10.2.